The monoisotopic (exact) mass is 247 g/mol. The van der Waals surface area contributed by atoms with Gasteiger partial charge in [0.2, 0.25) is 5.03 Å². The third-order valence-corrected chi connectivity index (χ3v) is 3.53. The van der Waals surface area contributed by atoms with E-state index in [9.17, 15) is 12.8 Å². The lowest BCUT2D eigenvalue weighted by molar-refractivity contribution is 0.521. The average molecular weight is 247 g/mol. The molecule has 0 aliphatic heterocycles. The summed E-state index contributed by atoms with van der Waals surface area (Å²) in [6, 6.07) is 1.96. The molecule has 5 nitrogen and oxygen atoms in total. The van der Waals surface area contributed by atoms with Gasteiger partial charge in [-0.2, -0.15) is 0 Å². The molecule has 0 saturated heterocycles. The fraction of sp³-hybridized carbons (Fsp3) is 0.444. The number of nitrogens with zero attached hydrogens (tertiary/aromatic N) is 1. The van der Waals surface area contributed by atoms with Crippen LogP contribution < -0.4 is 10.5 Å². The molecule has 0 aliphatic carbocycles. The third kappa shape index (κ3) is 2.97. The molecule has 0 bridgehead atoms. The van der Waals surface area contributed by atoms with Gasteiger partial charge in [-0.05, 0) is 18.6 Å². The maximum Gasteiger partial charge on any atom is 0.261 e. The van der Waals surface area contributed by atoms with E-state index in [0.29, 0.717) is 6.42 Å². The molecule has 90 valence electrons. The Morgan fingerprint density at radius 3 is 2.81 bits per heavy atom. The van der Waals surface area contributed by atoms with Crippen molar-refractivity contribution in [1.82, 2.24) is 9.71 Å². The number of hydrogen-bond acceptors (Lipinski definition) is 4. The van der Waals surface area contributed by atoms with Crippen LogP contribution in [0.2, 0.25) is 0 Å². The van der Waals surface area contributed by atoms with Gasteiger partial charge in [0.1, 0.15) is 0 Å². The second kappa shape index (κ2) is 5.33. The molecule has 7 heteroatoms. The number of nitrogens with two attached hydrogens (primary N) is 1. The molecule has 0 fully saturated rings. The Labute approximate surface area is 93.9 Å². The van der Waals surface area contributed by atoms with Crippen LogP contribution in [0.15, 0.2) is 23.4 Å². The molecular formula is C9H14FN3O2S. The smallest absolute Gasteiger partial charge is 0.261 e. The molecule has 3 N–H and O–H groups in total. The van der Waals surface area contributed by atoms with Crippen LogP contribution in [0.4, 0.5) is 4.39 Å². The Morgan fingerprint density at radius 2 is 2.31 bits per heavy atom. The number of pyridine rings is 1. The minimum atomic E-state index is -3.93. The van der Waals surface area contributed by atoms with Crippen LogP contribution in [-0.4, -0.2) is 26.0 Å². The van der Waals surface area contributed by atoms with Crippen LogP contribution in [0.5, 0.6) is 0 Å². The van der Waals surface area contributed by atoms with Gasteiger partial charge in [0, 0.05) is 18.8 Å². The zero-order chi connectivity index (χ0) is 12.2. The highest BCUT2D eigenvalue weighted by Crippen LogP contribution is 2.10. The summed E-state index contributed by atoms with van der Waals surface area (Å²) < 4.78 is 38.9. The van der Waals surface area contributed by atoms with Crippen LogP contribution in [0.3, 0.4) is 0 Å². The lowest BCUT2D eigenvalue weighted by atomic mass is 10.2. The molecule has 0 saturated carbocycles. The lowest BCUT2D eigenvalue weighted by Crippen LogP contribution is -2.40. The molecule has 0 amide bonds. The van der Waals surface area contributed by atoms with Crippen molar-refractivity contribution in [2.75, 3.05) is 6.54 Å². The number of nitrogens with one attached hydrogen (secondary N) is 1. The van der Waals surface area contributed by atoms with Crippen molar-refractivity contribution >= 4 is 10.0 Å². The second-order valence-corrected chi connectivity index (χ2v) is 4.88. The number of halogens is 1. The maximum absolute atomic E-state index is 13.2. The quantitative estimate of drug-likeness (QED) is 0.780. The van der Waals surface area contributed by atoms with E-state index >= 15 is 0 Å². The van der Waals surface area contributed by atoms with Gasteiger partial charge in [0.05, 0.1) is 0 Å². The summed E-state index contributed by atoms with van der Waals surface area (Å²) in [5.74, 6) is -0.873. The lowest BCUT2D eigenvalue weighted by Gasteiger charge is -2.14. The first-order valence-electron chi connectivity index (χ1n) is 4.84. The number of hydrogen-bond donors (Lipinski definition) is 2. The van der Waals surface area contributed by atoms with Crippen LogP contribution >= 0.6 is 0 Å². The minimum Gasteiger partial charge on any atom is -0.329 e. The first-order valence-corrected chi connectivity index (χ1v) is 6.32. The number of rotatable bonds is 5. The van der Waals surface area contributed by atoms with Crippen molar-refractivity contribution in [3.63, 3.8) is 0 Å². The van der Waals surface area contributed by atoms with Gasteiger partial charge in [0.15, 0.2) is 5.82 Å². The van der Waals surface area contributed by atoms with Crippen molar-refractivity contribution in [2.24, 2.45) is 5.73 Å². The van der Waals surface area contributed by atoms with E-state index < -0.39 is 26.9 Å². The molecule has 0 spiro atoms. The highest BCUT2D eigenvalue weighted by Gasteiger charge is 2.22. The van der Waals surface area contributed by atoms with Gasteiger partial charge in [-0.25, -0.2) is 22.5 Å². The molecule has 0 aromatic carbocycles. The van der Waals surface area contributed by atoms with Crippen LogP contribution in [-0.2, 0) is 10.0 Å². The van der Waals surface area contributed by atoms with Gasteiger partial charge in [-0.1, -0.05) is 6.92 Å². The van der Waals surface area contributed by atoms with E-state index in [0.717, 1.165) is 6.07 Å². The van der Waals surface area contributed by atoms with Gasteiger partial charge in [-0.3, -0.25) is 0 Å². The van der Waals surface area contributed by atoms with Crippen LogP contribution in [0.25, 0.3) is 0 Å². The zero-order valence-electron chi connectivity index (χ0n) is 8.85. The summed E-state index contributed by atoms with van der Waals surface area (Å²) in [6.45, 7) is 1.94. The summed E-state index contributed by atoms with van der Waals surface area (Å²) >= 11 is 0. The molecule has 1 rings (SSSR count). The topological polar surface area (TPSA) is 85.1 Å². The molecule has 0 radical (unpaired) electrons. The maximum atomic E-state index is 13.2. The van der Waals surface area contributed by atoms with E-state index in [1.54, 1.807) is 6.92 Å². The van der Waals surface area contributed by atoms with Gasteiger partial charge >= 0.3 is 0 Å². The zero-order valence-corrected chi connectivity index (χ0v) is 9.67. The van der Waals surface area contributed by atoms with Crippen molar-refractivity contribution < 1.29 is 12.8 Å². The SMILES string of the molecule is CCC(CN)NS(=O)(=O)c1ncccc1F. The normalized spacial score (nSPS) is 13.7. The Bertz CT molecular complexity index is 446. The molecule has 1 heterocycles. The summed E-state index contributed by atoms with van der Waals surface area (Å²) in [5, 5.41) is -0.595. The molecule has 1 unspecified atom stereocenters. The van der Waals surface area contributed by atoms with E-state index in [4.69, 9.17) is 5.73 Å². The Hall–Kier alpha value is -1.05. The van der Waals surface area contributed by atoms with E-state index in [1.165, 1.54) is 12.3 Å². The summed E-state index contributed by atoms with van der Waals surface area (Å²) in [7, 11) is -3.93. The predicted molar refractivity (Wildman–Crippen MR) is 57.6 cm³/mol. The second-order valence-electron chi connectivity index (χ2n) is 3.25. The Morgan fingerprint density at radius 1 is 1.62 bits per heavy atom. The van der Waals surface area contributed by atoms with Crippen LogP contribution in [0.1, 0.15) is 13.3 Å². The molecule has 1 atom stereocenters. The fourth-order valence-corrected chi connectivity index (χ4v) is 2.48. The summed E-state index contributed by atoms with van der Waals surface area (Å²) in [6.07, 6.45) is 1.76. The Balaban J connectivity index is 2.99. The van der Waals surface area contributed by atoms with Crippen molar-refractivity contribution in [3.8, 4) is 0 Å². The number of aromatic nitrogens is 1. The minimum absolute atomic E-state index is 0.157. The van der Waals surface area contributed by atoms with Crippen LogP contribution in [0, 0.1) is 5.82 Å². The van der Waals surface area contributed by atoms with Gasteiger partial charge < -0.3 is 5.73 Å². The largest absolute Gasteiger partial charge is 0.329 e. The molecule has 1 aromatic rings. The summed E-state index contributed by atoms with van der Waals surface area (Å²) in [5.41, 5.74) is 5.37. The first-order chi connectivity index (χ1) is 7.51. The first kappa shape index (κ1) is 13.0. The van der Waals surface area contributed by atoms with Gasteiger partial charge in [0.25, 0.3) is 10.0 Å². The summed E-state index contributed by atoms with van der Waals surface area (Å²) in [4.78, 5) is 3.51. The molecule has 16 heavy (non-hydrogen) atoms. The third-order valence-electron chi connectivity index (χ3n) is 2.08. The van der Waals surface area contributed by atoms with Crippen molar-refractivity contribution in [3.05, 3.63) is 24.1 Å². The van der Waals surface area contributed by atoms with E-state index in [1.807, 2.05) is 0 Å². The highest BCUT2D eigenvalue weighted by atomic mass is 32.2. The number of sulfonamides is 1. The molecule has 1 aromatic heterocycles. The van der Waals surface area contributed by atoms with E-state index in [-0.39, 0.29) is 6.54 Å². The van der Waals surface area contributed by atoms with Crippen molar-refractivity contribution in [2.45, 2.75) is 24.4 Å². The molecule has 0 aliphatic rings. The highest BCUT2D eigenvalue weighted by molar-refractivity contribution is 7.89. The average Bonchev–Trinajstić information content (AvgIpc) is 2.26. The van der Waals surface area contributed by atoms with E-state index in [2.05, 4.69) is 9.71 Å². The standard InChI is InChI=1S/C9H14FN3O2S/c1-2-7(6-11)13-16(14,15)9-8(10)4-3-5-12-9/h3-5,7,13H,2,6,11H2,1H3. The van der Waals surface area contributed by atoms with Crippen molar-refractivity contribution in [1.29, 1.82) is 0 Å². The predicted octanol–water partition coefficient (Wildman–Crippen LogP) is 0.236. The Kier molecular flexibility index (Phi) is 4.34. The molecular weight excluding hydrogens is 233 g/mol. The van der Waals surface area contributed by atoms with Gasteiger partial charge in [-0.15, -0.1) is 0 Å². The fourth-order valence-electron chi connectivity index (χ4n) is 1.14.